The van der Waals surface area contributed by atoms with Gasteiger partial charge in [-0.05, 0) is 12.5 Å². The van der Waals surface area contributed by atoms with E-state index in [1.165, 1.54) is 43.4 Å². The molecule has 134 valence electrons. The van der Waals surface area contributed by atoms with Gasteiger partial charge < -0.3 is 4.48 Å². The summed E-state index contributed by atoms with van der Waals surface area (Å²) in [6, 6.07) is 0. The van der Waals surface area contributed by atoms with Gasteiger partial charge in [0.05, 0.1) is 32.8 Å². The molecule has 2 nitrogen and oxygen atoms in total. The van der Waals surface area contributed by atoms with E-state index in [0.717, 1.165) is 0 Å². The molecule has 1 aliphatic heterocycles. The van der Waals surface area contributed by atoms with E-state index in [0.29, 0.717) is 10.8 Å². The molecule has 1 fully saturated rings. The van der Waals surface area contributed by atoms with Crippen molar-refractivity contribution in [1.29, 1.82) is 0 Å². The molecule has 0 N–H and O–H groups in total. The van der Waals surface area contributed by atoms with Crippen molar-refractivity contribution in [2.75, 3.05) is 73.0 Å². The molecule has 0 aromatic rings. The Hall–Kier alpha value is 0.350. The first-order chi connectivity index (χ1) is 9.52. The van der Waals surface area contributed by atoms with Gasteiger partial charge in [-0.25, -0.2) is 0 Å². The van der Waals surface area contributed by atoms with Crippen molar-refractivity contribution in [3.05, 3.63) is 0 Å². The van der Waals surface area contributed by atoms with Crippen LogP contribution in [0.1, 0.15) is 41.5 Å². The van der Waals surface area contributed by atoms with Crippen LogP contribution in [0, 0.1) is 10.8 Å². The second kappa shape index (κ2) is 7.95. The van der Waals surface area contributed by atoms with Gasteiger partial charge in [0.2, 0.25) is 0 Å². The SMILES string of the molecule is CC(C)(C)C[P+](C)(C)C.CN1CC[N+](C)(CC(C)(C)C)CC1. The van der Waals surface area contributed by atoms with Crippen molar-refractivity contribution in [3.63, 3.8) is 0 Å². The largest absolute Gasteiger partial charge is 0.323 e. The minimum absolute atomic E-state index is 0.463. The maximum absolute atomic E-state index is 2.43. The van der Waals surface area contributed by atoms with Crippen LogP contribution in [0.2, 0.25) is 0 Å². The average molecular weight is 333 g/mol. The van der Waals surface area contributed by atoms with E-state index in [1.807, 2.05) is 0 Å². The quantitative estimate of drug-likeness (QED) is 0.536. The Morgan fingerprint density at radius 3 is 1.50 bits per heavy atom. The highest BCUT2D eigenvalue weighted by Gasteiger charge is 2.31. The molecule has 1 saturated heterocycles. The Labute approximate surface area is 142 Å². The lowest BCUT2D eigenvalue weighted by molar-refractivity contribution is -0.919. The molecule has 0 spiro atoms. The molecule has 0 aromatic heterocycles. The number of hydrogen-bond donors (Lipinski definition) is 0. The summed E-state index contributed by atoms with van der Waals surface area (Å²) in [7, 11) is 4.09. The summed E-state index contributed by atoms with van der Waals surface area (Å²) in [6.07, 6.45) is 1.40. The Kier molecular flexibility index (Phi) is 8.08. The summed E-state index contributed by atoms with van der Waals surface area (Å²) < 4.78 is 1.26. The summed E-state index contributed by atoms with van der Waals surface area (Å²) in [6.45, 7) is 27.6. The zero-order valence-electron chi connectivity index (χ0n) is 17.6. The maximum Gasteiger partial charge on any atom is 0.0914 e. The standard InChI is InChI=1S/C11H25N2.C8H20P/c1-11(2,3)10-13(5)8-6-12(4)7-9-13;1-8(2,3)7-9(4,5)6/h6-10H2,1-5H3;7H2,1-6H3/q2*+1. The van der Waals surface area contributed by atoms with Crippen LogP contribution in [0.5, 0.6) is 0 Å². The second-order valence-corrected chi connectivity index (χ2v) is 16.0. The van der Waals surface area contributed by atoms with Gasteiger partial charge in [0, 0.05) is 45.8 Å². The van der Waals surface area contributed by atoms with Gasteiger partial charge in [0.25, 0.3) is 0 Å². The fourth-order valence-corrected chi connectivity index (χ4v) is 6.62. The zero-order chi connectivity index (χ0) is 17.8. The average Bonchev–Trinajstić information content (AvgIpc) is 2.15. The van der Waals surface area contributed by atoms with E-state index in [4.69, 9.17) is 0 Å². The van der Waals surface area contributed by atoms with Gasteiger partial charge in [-0.15, -0.1) is 0 Å². The Morgan fingerprint density at radius 2 is 1.27 bits per heavy atom. The molecule has 1 rings (SSSR count). The number of likely N-dealkylation sites (N-methyl/N-ethyl adjacent to an activating group) is 2. The van der Waals surface area contributed by atoms with Crippen molar-refractivity contribution in [3.8, 4) is 0 Å². The molecule has 0 atom stereocenters. The first-order valence-electron chi connectivity index (χ1n) is 8.84. The highest BCUT2D eigenvalue weighted by Crippen LogP contribution is 2.50. The zero-order valence-corrected chi connectivity index (χ0v) is 18.5. The number of quaternary nitrogens is 1. The van der Waals surface area contributed by atoms with E-state index < -0.39 is 7.26 Å². The summed E-state index contributed by atoms with van der Waals surface area (Å²) in [4.78, 5) is 2.43. The lowest BCUT2D eigenvalue weighted by atomic mass is 9.94. The minimum atomic E-state index is -0.537. The summed E-state index contributed by atoms with van der Waals surface area (Å²) in [5, 5.41) is 0. The Bertz CT molecular complexity index is 298. The van der Waals surface area contributed by atoms with Crippen LogP contribution in [0.3, 0.4) is 0 Å². The molecule has 0 amide bonds. The van der Waals surface area contributed by atoms with Gasteiger partial charge in [0.15, 0.2) is 0 Å². The van der Waals surface area contributed by atoms with Gasteiger partial charge >= 0.3 is 0 Å². The van der Waals surface area contributed by atoms with Gasteiger partial charge in [-0.2, -0.15) is 0 Å². The Balaban J connectivity index is 0.000000433. The maximum atomic E-state index is 2.43. The highest BCUT2D eigenvalue weighted by molar-refractivity contribution is 7.73. The highest BCUT2D eigenvalue weighted by atomic mass is 31.2. The molecule has 1 heterocycles. The van der Waals surface area contributed by atoms with Crippen LogP contribution in [-0.2, 0) is 0 Å². The molecule has 0 aromatic carbocycles. The molecule has 3 heteroatoms. The third-order valence-corrected chi connectivity index (χ3v) is 5.75. The predicted octanol–water partition coefficient (Wildman–Crippen LogP) is 4.36. The molecule has 0 saturated carbocycles. The van der Waals surface area contributed by atoms with Crippen LogP contribution < -0.4 is 0 Å². The second-order valence-electron chi connectivity index (χ2n) is 11.1. The van der Waals surface area contributed by atoms with Crippen molar-refractivity contribution >= 4 is 7.26 Å². The van der Waals surface area contributed by atoms with Crippen molar-refractivity contribution in [2.24, 2.45) is 10.8 Å². The van der Waals surface area contributed by atoms with Crippen LogP contribution in [0.4, 0.5) is 0 Å². The molecular weight excluding hydrogens is 287 g/mol. The number of hydrogen-bond acceptors (Lipinski definition) is 1. The predicted molar refractivity (Wildman–Crippen MR) is 107 cm³/mol. The van der Waals surface area contributed by atoms with Crippen molar-refractivity contribution < 1.29 is 4.48 Å². The van der Waals surface area contributed by atoms with E-state index >= 15 is 0 Å². The van der Waals surface area contributed by atoms with E-state index in [-0.39, 0.29) is 0 Å². The van der Waals surface area contributed by atoms with Crippen molar-refractivity contribution in [2.45, 2.75) is 41.5 Å². The first-order valence-corrected chi connectivity index (χ1v) is 12.2. The molecule has 0 radical (unpaired) electrons. The summed E-state index contributed by atoms with van der Waals surface area (Å²) in [5.41, 5.74) is 0.997. The number of nitrogens with zero attached hydrogens (tertiary/aromatic N) is 2. The summed E-state index contributed by atoms with van der Waals surface area (Å²) >= 11 is 0. The molecule has 0 aliphatic carbocycles. The van der Waals surface area contributed by atoms with Crippen LogP contribution in [0.25, 0.3) is 0 Å². The third-order valence-electron chi connectivity index (χ3n) is 3.85. The lowest BCUT2D eigenvalue weighted by Gasteiger charge is -2.44. The number of piperazine rings is 1. The first kappa shape index (κ1) is 22.4. The topological polar surface area (TPSA) is 3.24 Å². The van der Waals surface area contributed by atoms with Crippen LogP contribution in [0.15, 0.2) is 0 Å². The summed E-state index contributed by atoms with van der Waals surface area (Å²) in [5.74, 6) is 0. The van der Waals surface area contributed by atoms with E-state index in [9.17, 15) is 0 Å². The third kappa shape index (κ3) is 12.9. The molecule has 1 aliphatic rings. The van der Waals surface area contributed by atoms with Gasteiger partial charge in [0.1, 0.15) is 0 Å². The fourth-order valence-electron chi connectivity index (χ4n) is 3.77. The van der Waals surface area contributed by atoms with Crippen LogP contribution in [-0.4, -0.2) is 82.4 Å². The fraction of sp³-hybridized carbons (Fsp3) is 1.00. The van der Waals surface area contributed by atoms with Crippen molar-refractivity contribution in [1.82, 2.24) is 4.90 Å². The van der Waals surface area contributed by atoms with E-state index in [2.05, 4.69) is 80.5 Å². The van der Waals surface area contributed by atoms with E-state index in [1.54, 1.807) is 0 Å². The normalized spacial score (nSPS) is 20.3. The smallest absolute Gasteiger partial charge is 0.0914 e. The molecule has 0 bridgehead atoms. The molecule has 22 heavy (non-hydrogen) atoms. The number of rotatable bonds is 2. The molecular formula is C19H45N2P+2. The van der Waals surface area contributed by atoms with Gasteiger partial charge in [-0.1, -0.05) is 41.5 Å². The Morgan fingerprint density at radius 1 is 0.864 bits per heavy atom. The van der Waals surface area contributed by atoms with Gasteiger partial charge in [-0.3, -0.25) is 4.90 Å². The van der Waals surface area contributed by atoms with Crippen LogP contribution >= 0.6 is 7.26 Å². The monoisotopic (exact) mass is 332 g/mol. The molecule has 0 unspecified atom stereocenters. The minimum Gasteiger partial charge on any atom is -0.323 e. The lowest BCUT2D eigenvalue weighted by Crippen LogP contribution is -2.58.